The Labute approximate surface area is 152 Å². The molecule has 1 saturated heterocycles. The SMILES string of the molecule is COc1ccc(-[n+]2cc(-c3ccc(Cl)cc3)oc2N2CCCC2)cc1. The minimum atomic E-state index is 0.720. The van der Waals surface area contributed by atoms with E-state index in [1.54, 1.807) is 7.11 Å². The first-order chi connectivity index (χ1) is 12.2. The number of methoxy groups -OCH3 is 1. The number of oxazole rings is 1. The van der Waals surface area contributed by atoms with Gasteiger partial charge in [0.15, 0.2) is 5.76 Å². The van der Waals surface area contributed by atoms with E-state index < -0.39 is 0 Å². The third kappa shape index (κ3) is 3.22. The lowest BCUT2D eigenvalue weighted by molar-refractivity contribution is -0.584. The second kappa shape index (κ2) is 6.81. The number of ether oxygens (including phenoxy) is 1. The van der Waals surface area contributed by atoms with Crippen molar-refractivity contribution < 1.29 is 13.7 Å². The summed E-state index contributed by atoms with van der Waals surface area (Å²) in [6.45, 7) is 2.04. The lowest BCUT2D eigenvalue weighted by Gasteiger charge is -2.07. The van der Waals surface area contributed by atoms with Gasteiger partial charge in [-0.3, -0.25) is 0 Å². The van der Waals surface area contributed by atoms with Crippen molar-refractivity contribution in [2.45, 2.75) is 12.8 Å². The van der Waals surface area contributed by atoms with Crippen molar-refractivity contribution in [2.75, 3.05) is 25.1 Å². The zero-order valence-electron chi connectivity index (χ0n) is 14.1. The zero-order chi connectivity index (χ0) is 17.2. The summed E-state index contributed by atoms with van der Waals surface area (Å²) in [7, 11) is 1.67. The second-order valence-corrected chi connectivity index (χ2v) is 6.58. The van der Waals surface area contributed by atoms with Crippen LogP contribution in [0.5, 0.6) is 5.75 Å². The molecule has 3 aromatic rings. The molecule has 0 spiro atoms. The van der Waals surface area contributed by atoms with E-state index in [9.17, 15) is 0 Å². The summed E-state index contributed by atoms with van der Waals surface area (Å²) in [5, 5.41) is 0.720. The van der Waals surface area contributed by atoms with Gasteiger partial charge in [0.25, 0.3) is 0 Å². The molecule has 0 aliphatic carbocycles. The first kappa shape index (κ1) is 16.0. The van der Waals surface area contributed by atoms with Crippen molar-refractivity contribution in [3.8, 4) is 22.8 Å². The molecule has 25 heavy (non-hydrogen) atoms. The molecule has 0 bridgehead atoms. The van der Waals surface area contributed by atoms with Crippen LogP contribution in [0.1, 0.15) is 12.8 Å². The monoisotopic (exact) mass is 355 g/mol. The Kier molecular flexibility index (Phi) is 4.36. The lowest BCUT2D eigenvalue weighted by Crippen LogP contribution is -2.36. The van der Waals surface area contributed by atoms with E-state index in [2.05, 4.69) is 9.47 Å². The Bertz CT molecular complexity index is 850. The molecule has 0 N–H and O–H groups in total. The number of hydrogen-bond acceptors (Lipinski definition) is 3. The molecule has 2 heterocycles. The highest BCUT2D eigenvalue weighted by molar-refractivity contribution is 6.30. The van der Waals surface area contributed by atoms with Gasteiger partial charge in [-0.15, -0.1) is 0 Å². The lowest BCUT2D eigenvalue weighted by atomic mass is 10.2. The average molecular weight is 356 g/mol. The van der Waals surface area contributed by atoms with Crippen LogP contribution in [0.3, 0.4) is 0 Å². The maximum Gasteiger partial charge on any atom is 0.462 e. The van der Waals surface area contributed by atoms with E-state index in [1.807, 2.05) is 54.7 Å². The van der Waals surface area contributed by atoms with Crippen molar-refractivity contribution in [1.29, 1.82) is 0 Å². The van der Waals surface area contributed by atoms with Crippen LogP contribution in [0.15, 0.2) is 59.1 Å². The zero-order valence-corrected chi connectivity index (χ0v) is 14.9. The standard InChI is InChI=1S/C20H20ClN2O2/c1-24-18-10-8-17(9-11-18)23-14-19(15-4-6-16(21)7-5-15)25-20(23)22-12-2-3-13-22/h4-11,14H,2-3,12-13H2,1H3/q+1. The fourth-order valence-corrected chi connectivity index (χ4v) is 3.27. The fraction of sp³-hybridized carbons (Fsp3) is 0.250. The van der Waals surface area contributed by atoms with Crippen LogP contribution in [0.4, 0.5) is 6.01 Å². The van der Waals surface area contributed by atoms with Gasteiger partial charge in [-0.1, -0.05) is 11.6 Å². The summed E-state index contributed by atoms with van der Waals surface area (Å²) in [6.07, 6.45) is 4.43. The van der Waals surface area contributed by atoms with Crippen molar-refractivity contribution in [3.63, 3.8) is 0 Å². The Morgan fingerprint density at radius 3 is 2.32 bits per heavy atom. The molecule has 1 fully saturated rings. The van der Waals surface area contributed by atoms with Gasteiger partial charge in [-0.2, -0.15) is 4.57 Å². The first-order valence-electron chi connectivity index (χ1n) is 8.45. The number of halogens is 1. The predicted octanol–water partition coefficient (Wildman–Crippen LogP) is 4.49. The number of aromatic nitrogens is 1. The largest absolute Gasteiger partial charge is 0.497 e. The number of benzene rings is 2. The average Bonchev–Trinajstić information content (AvgIpc) is 3.32. The molecule has 0 amide bonds. The van der Waals surface area contributed by atoms with Crippen LogP contribution in [0.2, 0.25) is 5.02 Å². The van der Waals surface area contributed by atoms with Crippen LogP contribution >= 0.6 is 11.6 Å². The third-order valence-electron chi connectivity index (χ3n) is 4.51. The Morgan fingerprint density at radius 2 is 1.68 bits per heavy atom. The Balaban J connectivity index is 1.78. The van der Waals surface area contributed by atoms with Crippen LogP contribution in [-0.4, -0.2) is 20.2 Å². The minimum absolute atomic E-state index is 0.720. The molecule has 1 aromatic heterocycles. The fourth-order valence-electron chi connectivity index (χ4n) is 3.15. The van der Waals surface area contributed by atoms with E-state index >= 15 is 0 Å². The van der Waals surface area contributed by atoms with E-state index in [1.165, 1.54) is 12.8 Å². The number of nitrogens with zero attached hydrogens (tertiary/aromatic N) is 2. The molecule has 0 radical (unpaired) electrons. The first-order valence-corrected chi connectivity index (χ1v) is 8.83. The quantitative estimate of drug-likeness (QED) is 0.646. The Morgan fingerprint density at radius 1 is 1.00 bits per heavy atom. The van der Waals surface area contributed by atoms with Crippen molar-refractivity contribution in [3.05, 3.63) is 59.8 Å². The number of hydrogen-bond donors (Lipinski definition) is 0. The second-order valence-electron chi connectivity index (χ2n) is 6.15. The molecule has 0 unspecified atom stereocenters. The van der Waals surface area contributed by atoms with Gasteiger partial charge in [-0.25, -0.2) is 4.90 Å². The highest BCUT2D eigenvalue weighted by Gasteiger charge is 2.30. The molecule has 0 saturated carbocycles. The molecular weight excluding hydrogens is 336 g/mol. The molecular formula is C20H20ClN2O2+. The van der Waals surface area contributed by atoms with Crippen LogP contribution in [0, 0.1) is 0 Å². The van der Waals surface area contributed by atoms with Crippen molar-refractivity contribution >= 4 is 17.6 Å². The molecule has 1 aliphatic rings. The van der Waals surface area contributed by atoms with Crippen molar-refractivity contribution in [1.82, 2.24) is 0 Å². The van der Waals surface area contributed by atoms with E-state index in [0.717, 1.165) is 46.9 Å². The van der Waals surface area contributed by atoms with Crippen LogP contribution in [-0.2, 0) is 0 Å². The van der Waals surface area contributed by atoms with E-state index in [4.69, 9.17) is 20.8 Å². The smallest absolute Gasteiger partial charge is 0.462 e. The van der Waals surface area contributed by atoms with E-state index in [0.29, 0.717) is 0 Å². The third-order valence-corrected chi connectivity index (χ3v) is 4.76. The molecule has 4 nitrogen and oxygen atoms in total. The van der Waals surface area contributed by atoms with Gasteiger partial charge in [0.05, 0.1) is 20.2 Å². The van der Waals surface area contributed by atoms with Gasteiger partial charge in [0.2, 0.25) is 0 Å². The van der Waals surface area contributed by atoms with Gasteiger partial charge >= 0.3 is 6.01 Å². The number of anilines is 1. The topological polar surface area (TPSA) is 29.5 Å². The highest BCUT2D eigenvalue weighted by atomic mass is 35.5. The normalized spacial score (nSPS) is 14.1. The summed E-state index contributed by atoms with van der Waals surface area (Å²) >= 11 is 6.01. The van der Waals surface area contributed by atoms with Crippen LogP contribution < -0.4 is 14.2 Å². The summed E-state index contributed by atoms with van der Waals surface area (Å²) in [4.78, 5) is 2.30. The molecule has 5 heteroatoms. The summed E-state index contributed by atoms with van der Waals surface area (Å²) in [6, 6.07) is 16.6. The molecule has 0 atom stereocenters. The summed E-state index contributed by atoms with van der Waals surface area (Å²) in [5.41, 5.74) is 2.06. The molecule has 2 aromatic carbocycles. The maximum absolute atomic E-state index is 6.25. The van der Waals surface area contributed by atoms with Gasteiger partial charge in [0.1, 0.15) is 17.6 Å². The predicted molar refractivity (Wildman–Crippen MR) is 98.7 cm³/mol. The Hall–Kier alpha value is -2.46. The van der Waals surface area contributed by atoms with Gasteiger partial charge < -0.3 is 9.15 Å². The van der Waals surface area contributed by atoms with Gasteiger partial charge in [0, 0.05) is 10.6 Å². The number of rotatable bonds is 4. The van der Waals surface area contributed by atoms with Crippen LogP contribution in [0.25, 0.3) is 17.0 Å². The van der Waals surface area contributed by atoms with Gasteiger partial charge in [-0.05, 0) is 61.4 Å². The summed E-state index contributed by atoms with van der Waals surface area (Å²) in [5.74, 6) is 1.67. The highest BCUT2D eigenvalue weighted by Crippen LogP contribution is 2.28. The molecule has 1 aliphatic heterocycles. The molecule has 4 rings (SSSR count). The van der Waals surface area contributed by atoms with Crippen molar-refractivity contribution in [2.24, 2.45) is 0 Å². The molecule has 128 valence electrons. The van der Waals surface area contributed by atoms with E-state index in [-0.39, 0.29) is 0 Å². The maximum atomic E-state index is 6.25. The summed E-state index contributed by atoms with van der Waals surface area (Å²) < 4.78 is 13.6. The minimum Gasteiger partial charge on any atom is -0.497 e.